The van der Waals surface area contributed by atoms with Gasteiger partial charge in [-0.3, -0.25) is 14.9 Å². The predicted molar refractivity (Wildman–Crippen MR) is 102 cm³/mol. The highest BCUT2D eigenvalue weighted by atomic mass is 32.1. The molecule has 0 saturated carbocycles. The van der Waals surface area contributed by atoms with Gasteiger partial charge in [0.15, 0.2) is 0 Å². The monoisotopic (exact) mass is 378 g/mol. The van der Waals surface area contributed by atoms with E-state index in [9.17, 15) is 9.59 Å². The summed E-state index contributed by atoms with van der Waals surface area (Å²) < 4.78 is 6.66. The number of rotatable bonds is 4. The summed E-state index contributed by atoms with van der Waals surface area (Å²) in [4.78, 5) is 28.4. The van der Waals surface area contributed by atoms with Gasteiger partial charge in [0.25, 0.3) is 11.9 Å². The number of hydrogen-bond acceptors (Lipinski definition) is 6. The molecule has 0 unspecified atom stereocenters. The van der Waals surface area contributed by atoms with Crippen LogP contribution < -0.4 is 10.1 Å². The van der Waals surface area contributed by atoms with Crippen molar-refractivity contribution in [1.82, 2.24) is 14.6 Å². The Balaban J connectivity index is 1.54. The van der Waals surface area contributed by atoms with Gasteiger partial charge in [-0.2, -0.15) is 4.98 Å². The largest absolute Gasteiger partial charge is 0.427 e. The van der Waals surface area contributed by atoms with Gasteiger partial charge in [-0.1, -0.05) is 30.3 Å². The van der Waals surface area contributed by atoms with E-state index in [0.29, 0.717) is 16.3 Å². The fraction of sp³-hybridized carbons (Fsp3) is 0.0526. The lowest BCUT2D eigenvalue weighted by Gasteiger charge is -2.03. The number of benzene rings is 2. The average Bonchev–Trinajstić information content (AvgIpc) is 3.22. The average molecular weight is 378 g/mol. The molecule has 0 aliphatic carbocycles. The van der Waals surface area contributed by atoms with Gasteiger partial charge in [0.05, 0.1) is 5.69 Å². The second kappa shape index (κ2) is 7.00. The van der Waals surface area contributed by atoms with Crippen molar-refractivity contribution >= 4 is 34.1 Å². The number of carbonyl (C=O) groups excluding carboxylic acids is 2. The van der Waals surface area contributed by atoms with Crippen molar-refractivity contribution in [2.75, 3.05) is 5.32 Å². The van der Waals surface area contributed by atoms with E-state index in [0.717, 1.165) is 11.3 Å². The first-order chi connectivity index (χ1) is 13.1. The molecule has 8 heteroatoms. The van der Waals surface area contributed by atoms with Crippen molar-refractivity contribution in [3.8, 4) is 17.0 Å². The summed E-state index contributed by atoms with van der Waals surface area (Å²) in [6.45, 7) is 1.32. The molecular weight excluding hydrogens is 364 g/mol. The van der Waals surface area contributed by atoms with Crippen molar-refractivity contribution < 1.29 is 14.3 Å². The second-order valence-corrected chi connectivity index (χ2v) is 6.53. The number of nitrogens with zero attached hydrogens (tertiary/aromatic N) is 3. The molecule has 0 saturated heterocycles. The van der Waals surface area contributed by atoms with E-state index in [2.05, 4.69) is 15.4 Å². The van der Waals surface area contributed by atoms with Crippen LogP contribution in [-0.4, -0.2) is 26.5 Å². The van der Waals surface area contributed by atoms with E-state index in [-0.39, 0.29) is 11.9 Å². The molecular formula is C19H14N4O3S. The topological polar surface area (TPSA) is 85.6 Å². The standard InChI is InChI=1S/C19H14N4O3S/c1-12(24)26-15-9-7-14(8-10-15)17(25)20-18-21-19-23(22-18)16(11-27-19)13-5-3-2-4-6-13/h2-11H,1H3,(H,20,22,25). The number of nitrogens with one attached hydrogen (secondary N) is 1. The zero-order valence-electron chi connectivity index (χ0n) is 14.2. The molecule has 7 nitrogen and oxygen atoms in total. The third-order valence-corrected chi connectivity index (χ3v) is 4.57. The van der Waals surface area contributed by atoms with Gasteiger partial charge in [0.2, 0.25) is 4.96 Å². The first-order valence-corrected chi connectivity index (χ1v) is 8.97. The van der Waals surface area contributed by atoms with Gasteiger partial charge in [-0.15, -0.1) is 16.4 Å². The Morgan fingerprint density at radius 2 is 1.81 bits per heavy atom. The SMILES string of the molecule is CC(=O)Oc1ccc(C(=O)Nc2nc3scc(-c4ccccc4)n3n2)cc1. The van der Waals surface area contributed by atoms with E-state index in [4.69, 9.17) is 4.74 Å². The summed E-state index contributed by atoms with van der Waals surface area (Å²) in [5.74, 6) is -0.145. The maximum atomic E-state index is 12.4. The molecule has 0 aliphatic heterocycles. The van der Waals surface area contributed by atoms with Gasteiger partial charge in [0.1, 0.15) is 5.75 Å². The molecule has 2 aromatic carbocycles. The first kappa shape index (κ1) is 16.9. The molecule has 4 aromatic rings. The van der Waals surface area contributed by atoms with Gasteiger partial charge in [0, 0.05) is 23.4 Å². The number of hydrogen-bond donors (Lipinski definition) is 1. The molecule has 4 rings (SSSR count). The lowest BCUT2D eigenvalue weighted by atomic mass is 10.2. The molecule has 0 aliphatic rings. The summed E-state index contributed by atoms with van der Waals surface area (Å²) in [5.41, 5.74) is 2.34. The summed E-state index contributed by atoms with van der Waals surface area (Å²) in [6, 6.07) is 16.1. The fourth-order valence-electron chi connectivity index (χ4n) is 2.56. The van der Waals surface area contributed by atoms with Crippen molar-refractivity contribution in [1.29, 1.82) is 0 Å². The number of ether oxygens (including phenoxy) is 1. The minimum atomic E-state index is -0.413. The fourth-order valence-corrected chi connectivity index (χ4v) is 3.39. The van der Waals surface area contributed by atoms with Crippen LogP contribution in [0.2, 0.25) is 0 Å². The predicted octanol–water partition coefficient (Wildman–Crippen LogP) is 3.64. The molecule has 2 aromatic heterocycles. The maximum Gasteiger partial charge on any atom is 0.308 e. The van der Waals surface area contributed by atoms with Crippen molar-refractivity contribution in [3.63, 3.8) is 0 Å². The lowest BCUT2D eigenvalue weighted by molar-refractivity contribution is -0.131. The Morgan fingerprint density at radius 1 is 1.07 bits per heavy atom. The van der Waals surface area contributed by atoms with Gasteiger partial charge in [-0.05, 0) is 24.3 Å². The lowest BCUT2D eigenvalue weighted by Crippen LogP contribution is -2.13. The Bertz CT molecular complexity index is 1120. The number of aromatic nitrogens is 3. The zero-order chi connectivity index (χ0) is 18.8. The Hall–Kier alpha value is -3.52. The molecule has 0 bridgehead atoms. The highest BCUT2D eigenvalue weighted by molar-refractivity contribution is 7.15. The maximum absolute atomic E-state index is 12.4. The molecule has 0 spiro atoms. The molecule has 0 radical (unpaired) electrons. The molecule has 0 atom stereocenters. The number of anilines is 1. The van der Waals surface area contributed by atoms with Crippen LogP contribution >= 0.6 is 11.3 Å². The second-order valence-electron chi connectivity index (χ2n) is 5.69. The van der Waals surface area contributed by atoms with Crippen LogP contribution in [0.1, 0.15) is 17.3 Å². The van der Waals surface area contributed by atoms with E-state index in [1.807, 2.05) is 35.7 Å². The quantitative estimate of drug-likeness (QED) is 0.433. The normalized spacial score (nSPS) is 10.7. The minimum absolute atomic E-state index is 0.230. The van der Waals surface area contributed by atoms with Crippen LogP contribution in [0, 0.1) is 0 Å². The van der Waals surface area contributed by atoms with Gasteiger partial charge >= 0.3 is 5.97 Å². The van der Waals surface area contributed by atoms with Crippen LogP contribution in [-0.2, 0) is 4.79 Å². The summed E-state index contributed by atoms with van der Waals surface area (Å²) >= 11 is 1.45. The highest BCUT2D eigenvalue weighted by Crippen LogP contribution is 2.25. The van der Waals surface area contributed by atoms with E-state index in [1.165, 1.54) is 18.3 Å². The zero-order valence-corrected chi connectivity index (χ0v) is 15.1. The van der Waals surface area contributed by atoms with E-state index < -0.39 is 5.97 Å². The number of carbonyl (C=O) groups is 2. The Kier molecular flexibility index (Phi) is 4.39. The number of amides is 1. The summed E-state index contributed by atoms with van der Waals surface area (Å²) in [7, 11) is 0. The smallest absolute Gasteiger partial charge is 0.308 e. The van der Waals surface area contributed by atoms with Crippen LogP contribution in [0.5, 0.6) is 5.75 Å². The molecule has 2 heterocycles. The van der Waals surface area contributed by atoms with Crippen LogP contribution in [0.25, 0.3) is 16.2 Å². The third-order valence-electron chi connectivity index (χ3n) is 3.75. The third kappa shape index (κ3) is 3.56. The number of esters is 1. The molecule has 0 fully saturated rings. The minimum Gasteiger partial charge on any atom is -0.427 e. The Labute approximate surface area is 158 Å². The van der Waals surface area contributed by atoms with Crippen molar-refractivity contribution in [2.24, 2.45) is 0 Å². The molecule has 1 N–H and O–H groups in total. The molecule has 1 amide bonds. The summed E-state index contributed by atoms with van der Waals surface area (Å²) in [6.07, 6.45) is 0. The van der Waals surface area contributed by atoms with Crippen LogP contribution in [0.4, 0.5) is 5.95 Å². The number of thiazole rings is 1. The molecule has 27 heavy (non-hydrogen) atoms. The highest BCUT2D eigenvalue weighted by Gasteiger charge is 2.14. The van der Waals surface area contributed by atoms with Crippen LogP contribution in [0.3, 0.4) is 0 Å². The number of fused-ring (bicyclic) bond motifs is 1. The van der Waals surface area contributed by atoms with Gasteiger partial charge < -0.3 is 4.74 Å². The van der Waals surface area contributed by atoms with Crippen LogP contribution in [0.15, 0.2) is 60.0 Å². The van der Waals surface area contributed by atoms with Crippen molar-refractivity contribution in [3.05, 3.63) is 65.5 Å². The Morgan fingerprint density at radius 3 is 2.52 bits per heavy atom. The first-order valence-electron chi connectivity index (χ1n) is 8.10. The van der Waals surface area contributed by atoms with E-state index >= 15 is 0 Å². The van der Waals surface area contributed by atoms with Crippen molar-refractivity contribution in [2.45, 2.75) is 6.92 Å². The molecule has 134 valence electrons. The van der Waals surface area contributed by atoms with E-state index in [1.54, 1.807) is 28.8 Å². The summed E-state index contributed by atoms with van der Waals surface area (Å²) in [5, 5.41) is 9.05. The van der Waals surface area contributed by atoms with Gasteiger partial charge in [-0.25, -0.2) is 4.52 Å².